The minimum atomic E-state index is -3.67. The third kappa shape index (κ3) is 8.49. The first-order chi connectivity index (χ1) is 13.8. The maximum atomic E-state index is 11.3. The van der Waals surface area contributed by atoms with Crippen molar-refractivity contribution in [2.45, 2.75) is 32.2 Å². The number of aliphatic imine (C=N–C) groups is 1. The van der Waals surface area contributed by atoms with E-state index in [0.717, 1.165) is 37.7 Å². The Morgan fingerprint density at radius 2 is 1.80 bits per heavy atom. The summed E-state index contributed by atoms with van der Waals surface area (Å²) in [7, 11) is -3.67. The number of nitrogens with two attached hydrogens (primary N) is 1. The lowest BCUT2D eigenvalue weighted by molar-refractivity contribution is 0.598. The lowest BCUT2D eigenvalue weighted by atomic mass is 10.2. The molecule has 0 saturated heterocycles. The Morgan fingerprint density at radius 3 is 2.37 bits per heavy atom. The summed E-state index contributed by atoms with van der Waals surface area (Å²) in [5, 5.41) is 11.7. The van der Waals surface area contributed by atoms with Crippen molar-refractivity contribution in [3.05, 3.63) is 59.7 Å². The molecular weight excluding hydrogens is 513 g/mol. The standard InChI is InChI=1S/C21H31N5O2S.HI/c1-4-23-21(25-16-18-9-11-20(12-10-18)29(22,27)28)24-13-14-26(5-2)19-8-6-7-17(3)15-19;/h6-12,15H,4-5,13-14,16H2,1-3H3,(H2,22,27,28)(H2,23,24,25);1H. The molecule has 0 spiro atoms. The van der Waals surface area contributed by atoms with E-state index in [2.05, 4.69) is 58.6 Å². The van der Waals surface area contributed by atoms with Gasteiger partial charge in [0.25, 0.3) is 0 Å². The van der Waals surface area contributed by atoms with Crippen LogP contribution in [0.3, 0.4) is 0 Å². The Bertz CT molecular complexity index is 917. The number of hydrogen-bond donors (Lipinski definition) is 3. The van der Waals surface area contributed by atoms with Gasteiger partial charge < -0.3 is 15.5 Å². The van der Waals surface area contributed by atoms with Crippen LogP contribution in [-0.4, -0.2) is 40.6 Å². The van der Waals surface area contributed by atoms with Crippen LogP contribution in [0.5, 0.6) is 0 Å². The molecule has 2 aromatic rings. The second-order valence-corrected chi connectivity index (χ2v) is 8.29. The lowest BCUT2D eigenvalue weighted by Crippen LogP contribution is -2.41. The van der Waals surface area contributed by atoms with Gasteiger partial charge in [-0.1, -0.05) is 24.3 Å². The number of aryl methyl sites for hydroxylation is 1. The molecule has 2 aromatic carbocycles. The molecule has 0 aliphatic heterocycles. The van der Waals surface area contributed by atoms with Crippen molar-refractivity contribution >= 4 is 45.6 Å². The SMILES string of the molecule is CCNC(=NCc1ccc(S(N)(=O)=O)cc1)NCCN(CC)c1cccc(C)c1.I. The van der Waals surface area contributed by atoms with E-state index in [-0.39, 0.29) is 28.9 Å². The smallest absolute Gasteiger partial charge is 0.238 e. The van der Waals surface area contributed by atoms with Crippen LogP contribution in [0, 0.1) is 6.92 Å². The maximum absolute atomic E-state index is 11.3. The number of guanidine groups is 1. The van der Waals surface area contributed by atoms with Crippen molar-refractivity contribution in [2.24, 2.45) is 10.1 Å². The van der Waals surface area contributed by atoms with Crippen LogP contribution >= 0.6 is 24.0 Å². The molecule has 0 amide bonds. The number of anilines is 1. The van der Waals surface area contributed by atoms with Crippen molar-refractivity contribution in [3.63, 3.8) is 0 Å². The van der Waals surface area contributed by atoms with Gasteiger partial charge in [-0.3, -0.25) is 0 Å². The highest BCUT2D eigenvalue weighted by Gasteiger charge is 2.07. The van der Waals surface area contributed by atoms with Crippen LogP contribution in [0.15, 0.2) is 58.4 Å². The first-order valence-electron chi connectivity index (χ1n) is 9.79. The van der Waals surface area contributed by atoms with Gasteiger partial charge in [0.2, 0.25) is 10.0 Å². The third-order valence-corrected chi connectivity index (χ3v) is 5.37. The van der Waals surface area contributed by atoms with Crippen LogP contribution in [0.4, 0.5) is 5.69 Å². The van der Waals surface area contributed by atoms with Gasteiger partial charge in [0.15, 0.2) is 5.96 Å². The molecule has 0 heterocycles. The lowest BCUT2D eigenvalue weighted by Gasteiger charge is -2.24. The fourth-order valence-electron chi connectivity index (χ4n) is 2.90. The number of benzene rings is 2. The summed E-state index contributed by atoms with van der Waals surface area (Å²) < 4.78 is 22.7. The highest BCUT2D eigenvalue weighted by atomic mass is 127. The number of sulfonamides is 1. The van der Waals surface area contributed by atoms with Crippen LogP contribution in [0.25, 0.3) is 0 Å². The van der Waals surface area contributed by atoms with Gasteiger partial charge in [-0.05, 0) is 56.2 Å². The minimum Gasteiger partial charge on any atom is -0.370 e. The third-order valence-electron chi connectivity index (χ3n) is 4.44. The zero-order valence-corrected chi connectivity index (χ0v) is 20.9. The molecule has 0 radical (unpaired) electrons. The molecule has 0 aliphatic carbocycles. The van der Waals surface area contributed by atoms with Gasteiger partial charge in [-0.25, -0.2) is 18.5 Å². The summed E-state index contributed by atoms with van der Waals surface area (Å²) in [4.78, 5) is 7.00. The van der Waals surface area contributed by atoms with E-state index in [1.54, 1.807) is 12.1 Å². The average Bonchev–Trinajstić information content (AvgIpc) is 2.69. The second-order valence-electron chi connectivity index (χ2n) is 6.73. The zero-order chi connectivity index (χ0) is 21.3. The molecule has 7 nitrogen and oxygen atoms in total. The molecule has 4 N–H and O–H groups in total. The predicted molar refractivity (Wildman–Crippen MR) is 135 cm³/mol. The Kier molecular flexibility index (Phi) is 11.1. The molecule has 0 bridgehead atoms. The molecule has 0 saturated carbocycles. The minimum absolute atomic E-state index is 0. The molecule has 2 rings (SSSR count). The average molecular weight is 545 g/mol. The number of likely N-dealkylation sites (N-methyl/N-ethyl adjacent to an activating group) is 1. The first kappa shape index (κ1) is 26.2. The topological polar surface area (TPSA) is 99.8 Å². The summed E-state index contributed by atoms with van der Waals surface area (Å²) in [6.45, 7) is 9.98. The molecule has 0 fully saturated rings. The van der Waals surface area contributed by atoms with Gasteiger partial charge in [0.05, 0.1) is 11.4 Å². The summed E-state index contributed by atoms with van der Waals surface area (Å²) in [5.74, 6) is 0.725. The summed E-state index contributed by atoms with van der Waals surface area (Å²) in [5.41, 5.74) is 3.37. The molecule has 0 atom stereocenters. The Labute approximate surface area is 197 Å². The summed E-state index contributed by atoms with van der Waals surface area (Å²) in [6.07, 6.45) is 0. The van der Waals surface area contributed by atoms with Crippen LogP contribution < -0.4 is 20.7 Å². The largest absolute Gasteiger partial charge is 0.370 e. The number of rotatable bonds is 9. The maximum Gasteiger partial charge on any atom is 0.238 e. The van der Waals surface area contributed by atoms with Gasteiger partial charge in [-0.15, -0.1) is 24.0 Å². The monoisotopic (exact) mass is 545 g/mol. The van der Waals surface area contributed by atoms with Crippen molar-refractivity contribution in [2.75, 3.05) is 31.1 Å². The van der Waals surface area contributed by atoms with Gasteiger partial charge in [-0.2, -0.15) is 0 Å². The van der Waals surface area contributed by atoms with Crippen molar-refractivity contribution in [1.82, 2.24) is 10.6 Å². The number of halogens is 1. The molecule has 9 heteroatoms. The Balaban J connectivity index is 0.00000450. The number of hydrogen-bond acceptors (Lipinski definition) is 4. The Hall–Kier alpha value is -1.85. The molecule has 0 aromatic heterocycles. The van der Waals surface area contributed by atoms with Crippen molar-refractivity contribution in [1.29, 1.82) is 0 Å². The van der Waals surface area contributed by atoms with Crippen LogP contribution in [0.1, 0.15) is 25.0 Å². The zero-order valence-electron chi connectivity index (χ0n) is 17.8. The van der Waals surface area contributed by atoms with E-state index in [0.29, 0.717) is 6.54 Å². The number of nitrogens with one attached hydrogen (secondary N) is 2. The predicted octanol–water partition coefficient (Wildman–Crippen LogP) is 2.84. The molecule has 0 aliphatic rings. The van der Waals surface area contributed by atoms with Gasteiger partial charge in [0.1, 0.15) is 0 Å². The quantitative estimate of drug-likeness (QED) is 0.256. The summed E-state index contributed by atoms with van der Waals surface area (Å²) in [6, 6.07) is 14.9. The van der Waals surface area contributed by atoms with E-state index in [1.807, 2.05) is 6.92 Å². The van der Waals surface area contributed by atoms with Gasteiger partial charge >= 0.3 is 0 Å². The first-order valence-corrected chi connectivity index (χ1v) is 11.3. The highest BCUT2D eigenvalue weighted by Crippen LogP contribution is 2.15. The molecule has 0 unspecified atom stereocenters. The van der Waals surface area contributed by atoms with Crippen LogP contribution in [0.2, 0.25) is 0 Å². The van der Waals surface area contributed by atoms with E-state index in [1.165, 1.54) is 23.4 Å². The van der Waals surface area contributed by atoms with Crippen molar-refractivity contribution in [3.8, 4) is 0 Å². The fourth-order valence-corrected chi connectivity index (χ4v) is 3.42. The van der Waals surface area contributed by atoms with E-state index in [9.17, 15) is 8.42 Å². The van der Waals surface area contributed by atoms with E-state index < -0.39 is 10.0 Å². The van der Waals surface area contributed by atoms with Crippen molar-refractivity contribution < 1.29 is 8.42 Å². The van der Waals surface area contributed by atoms with E-state index in [4.69, 9.17) is 5.14 Å². The van der Waals surface area contributed by atoms with Crippen LogP contribution in [-0.2, 0) is 16.6 Å². The van der Waals surface area contributed by atoms with E-state index >= 15 is 0 Å². The second kappa shape index (κ2) is 12.8. The fraction of sp³-hybridized carbons (Fsp3) is 0.381. The number of primary sulfonamides is 1. The molecular formula is C21H32IN5O2S. The highest BCUT2D eigenvalue weighted by molar-refractivity contribution is 14.0. The summed E-state index contributed by atoms with van der Waals surface area (Å²) >= 11 is 0. The Morgan fingerprint density at radius 1 is 1.10 bits per heavy atom. The van der Waals surface area contributed by atoms with Gasteiger partial charge in [0, 0.05) is 31.9 Å². The molecule has 166 valence electrons. The number of nitrogens with zero attached hydrogens (tertiary/aromatic N) is 2. The normalized spacial score (nSPS) is 11.5. The molecule has 30 heavy (non-hydrogen) atoms.